The first-order chi connectivity index (χ1) is 9.26. The smallest absolute Gasteiger partial charge is 0.407 e. The van der Waals surface area contributed by atoms with Crippen LogP contribution in [0.4, 0.5) is 4.79 Å². The number of amides is 1. The van der Waals surface area contributed by atoms with Gasteiger partial charge in [-0.25, -0.2) is 4.79 Å². The Labute approximate surface area is 118 Å². The first-order valence-electron chi connectivity index (χ1n) is 6.33. The second kappa shape index (κ2) is 9.69. The molecule has 0 aromatic heterocycles. The summed E-state index contributed by atoms with van der Waals surface area (Å²) in [6.45, 7) is 0.332. The van der Waals surface area contributed by atoms with Gasteiger partial charge >= 0.3 is 6.09 Å². The first-order valence-corrected chi connectivity index (χ1v) is 7.72. The van der Waals surface area contributed by atoms with Crippen LogP contribution in [0.1, 0.15) is 18.4 Å². The van der Waals surface area contributed by atoms with Gasteiger partial charge in [-0.2, -0.15) is 11.8 Å². The summed E-state index contributed by atoms with van der Waals surface area (Å²) in [5.74, 6) is 0.948. The predicted octanol–water partition coefficient (Wildman–Crippen LogP) is 2.42. The summed E-state index contributed by atoms with van der Waals surface area (Å²) in [6.07, 6.45) is 2.98. The second-order valence-corrected chi connectivity index (χ2v) is 5.18. The normalized spacial score (nSPS) is 11.9. The molecule has 1 amide bonds. The SMILES string of the molecule is CSCC[C@@H](CCO)NC(=O)OCc1ccccc1. The highest BCUT2D eigenvalue weighted by Gasteiger charge is 2.12. The second-order valence-electron chi connectivity index (χ2n) is 4.20. The van der Waals surface area contributed by atoms with Crippen LogP contribution in [0.3, 0.4) is 0 Å². The fourth-order valence-corrected chi connectivity index (χ4v) is 2.16. The van der Waals surface area contributed by atoms with Gasteiger partial charge < -0.3 is 15.2 Å². The molecule has 1 aromatic rings. The van der Waals surface area contributed by atoms with Crippen molar-refractivity contribution in [3.8, 4) is 0 Å². The van der Waals surface area contributed by atoms with Gasteiger partial charge in [0.15, 0.2) is 0 Å². The maximum atomic E-state index is 11.6. The van der Waals surface area contributed by atoms with Gasteiger partial charge in [0.1, 0.15) is 6.61 Å². The third-order valence-electron chi connectivity index (χ3n) is 2.68. The van der Waals surface area contributed by atoms with Crippen molar-refractivity contribution in [1.29, 1.82) is 0 Å². The van der Waals surface area contributed by atoms with E-state index in [0.29, 0.717) is 6.42 Å². The van der Waals surface area contributed by atoms with Crippen LogP contribution in [0, 0.1) is 0 Å². The zero-order chi connectivity index (χ0) is 13.9. The Hall–Kier alpha value is -1.20. The van der Waals surface area contributed by atoms with Gasteiger partial charge in [-0.05, 0) is 30.4 Å². The molecule has 4 nitrogen and oxygen atoms in total. The van der Waals surface area contributed by atoms with E-state index in [9.17, 15) is 4.79 Å². The fourth-order valence-electron chi connectivity index (χ4n) is 1.64. The Morgan fingerprint density at radius 2 is 2.11 bits per heavy atom. The van der Waals surface area contributed by atoms with Crippen LogP contribution in [-0.4, -0.2) is 35.9 Å². The molecule has 1 atom stereocenters. The summed E-state index contributed by atoms with van der Waals surface area (Å²) in [4.78, 5) is 11.6. The van der Waals surface area contributed by atoms with E-state index < -0.39 is 6.09 Å². The zero-order valence-corrected chi connectivity index (χ0v) is 12.0. The van der Waals surface area contributed by atoms with E-state index in [1.165, 1.54) is 0 Å². The number of carbonyl (C=O) groups is 1. The minimum Gasteiger partial charge on any atom is -0.445 e. The zero-order valence-electron chi connectivity index (χ0n) is 11.2. The summed E-state index contributed by atoms with van der Waals surface area (Å²) in [5, 5.41) is 11.7. The van der Waals surface area contributed by atoms with Gasteiger partial charge in [0, 0.05) is 12.6 Å². The Bertz CT molecular complexity index is 359. The number of carbonyl (C=O) groups excluding carboxylic acids is 1. The Morgan fingerprint density at radius 3 is 2.74 bits per heavy atom. The molecule has 0 saturated heterocycles. The van der Waals surface area contributed by atoms with Gasteiger partial charge in [0.2, 0.25) is 0 Å². The van der Waals surface area contributed by atoms with E-state index in [4.69, 9.17) is 9.84 Å². The van der Waals surface area contributed by atoms with Crippen molar-refractivity contribution in [2.75, 3.05) is 18.6 Å². The number of alkyl carbamates (subject to hydrolysis) is 1. The van der Waals surface area contributed by atoms with E-state index in [2.05, 4.69) is 5.32 Å². The third kappa shape index (κ3) is 7.08. The lowest BCUT2D eigenvalue weighted by Crippen LogP contribution is -2.36. The lowest BCUT2D eigenvalue weighted by atomic mass is 10.2. The number of benzene rings is 1. The molecule has 1 rings (SSSR count). The number of rotatable bonds is 8. The molecular formula is C14H21NO3S. The van der Waals surface area contributed by atoms with E-state index in [-0.39, 0.29) is 19.3 Å². The number of thioether (sulfide) groups is 1. The number of hydrogen-bond acceptors (Lipinski definition) is 4. The van der Waals surface area contributed by atoms with Crippen LogP contribution in [0.15, 0.2) is 30.3 Å². The molecule has 106 valence electrons. The highest BCUT2D eigenvalue weighted by molar-refractivity contribution is 7.98. The minimum atomic E-state index is -0.427. The number of nitrogens with one attached hydrogen (secondary N) is 1. The van der Waals surface area contributed by atoms with Crippen LogP contribution in [0.2, 0.25) is 0 Å². The summed E-state index contributed by atoms with van der Waals surface area (Å²) < 4.78 is 5.15. The maximum Gasteiger partial charge on any atom is 0.407 e. The molecule has 0 unspecified atom stereocenters. The molecule has 0 saturated carbocycles. The molecule has 0 aliphatic carbocycles. The Kier molecular flexibility index (Phi) is 8.09. The summed E-state index contributed by atoms with van der Waals surface area (Å²) in [5.41, 5.74) is 0.959. The van der Waals surface area contributed by atoms with Crippen molar-refractivity contribution in [2.24, 2.45) is 0 Å². The van der Waals surface area contributed by atoms with Crippen molar-refractivity contribution in [2.45, 2.75) is 25.5 Å². The van der Waals surface area contributed by atoms with Crippen LogP contribution < -0.4 is 5.32 Å². The average molecular weight is 283 g/mol. The topological polar surface area (TPSA) is 58.6 Å². The van der Waals surface area contributed by atoms with Crippen molar-refractivity contribution < 1.29 is 14.6 Å². The van der Waals surface area contributed by atoms with Gasteiger partial charge in [0.05, 0.1) is 0 Å². The molecule has 0 spiro atoms. The number of aliphatic hydroxyl groups excluding tert-OH is 1. The summed E-state index contributed by atoms with van der Waals surface area (Å²) in [7, 11) is 0. The quantitative estimate of drug-likeness (QED) is 0.769. The standard InChI is InChI=1S/C14H21NO3S/c1-19-10-8-13(7-9-16)15-14(17)18-11-12-5-3-2-4-6-12/h2-6,13,16H,7-11H2,1H3,(H,15,17)/t13-/m1/s1. The van der Waals surface area contributed by atoms with E-state index in [0.717, 1.165) is 17.7 Å². The Balaban J connectivity index is 2.31. The van der Waals surface area contributed by atoms with Gasteiger partial charge in [-0.15, -0.1) is 0 Å². The number of aliphatic hydroxyl groups is 1. The molecular weight excluding hydrogens is 262 g/mol. The largest absolute Gasteiger partial charge is 0.445 e. The molecule has 0 bridgehead atoms. The molecule has 2 N–H and O–H groups in total. The molecule has 1 aromatic carbocycles. The average Bonchev–Trinajstić information content (AvgIpc) is 2.44. The molecule has 0 heterocycles. The maximum absolute atomic E-state index is 11.6. The van der Waals surface area contributed by atoms with Gasteiger partial charge in [-0.3, -0.25) is 0 Å². The first kappa shape index (κ1) is 15.9. The van der Waals surface area contributed by atoms with Crippen molar-refractivity contribution in [3.63, 3.8) is 0 Å². The van der Waals surface area contributed by atoms with Crippen LogP contribution in [-0.2, 0) is 11.3 Å². The van der Waals surface area contributed by atoms with E-state index >= 15 is 0 Å². The van der Waals surface area contributed by atoms with Crippen LogP contribution >= 0.6 is 11.8 Å². The summed E-state index contributed by atoms with van der Waals surface area (Å²) in [6, 6.07) is 9.52. The molecule has 5 heteroatoms. The monoisotopic (exact) mass is 283 g/mol. The predicted molar refractivity (Wildman–Crippen MR) is 78.3 cm³/mol. The van der Waals surface area contributed by atoms with Crippen molar-refractivity contribution >= 4 is 17.9 Å². The molecule has 0 aliphatic rings. The van der Waals surface area contributed by atoms with Crippen molar-refractivity contribution in [3.05, 3.63) is 35.9 Å². The highest BCUT2D eigenvalue weighted by atomic mass is 32.2. The molecule has 0 fully saturated rings. The van der Waals surface area contributed by atoms with Crippen LogP contribution in [0.5, 0.6) is 0 Å². The Morgan fingerprint density at radius 1 is 1.37 bits per heavy atom. The van der Waals surface area contributed by atoms with E-state index in [1.54, 1.807) is 11.8 Å². The number of ether oxygens (including phenoxy) is 1. The highest BCUT2D eigenvalue weighted by Crippen LogP contribution is 2.05. The van der Waals surface area contributed by atoms with Gasteiger partial charge in [-0.1, -0.05) is 30.3 Å². The number of hydrogen-bond donors (Lipinski definition) is 2. The lowest BCUT2D eigenvalue weighted by molar-refractivity contribution is 0.133. The molecule has 0 aliphatic heterocycles. The summed E-state index contributed by atoms with van der Waals surface area (Å²) >= 11 is 1.72. The van der Waals surface area contributed by atoms with Crippen molar-refractivity contribution in [1.82, 2.24) is 5.32 Å². The fraction of sp³-hybridized carbons (Fsp3) is 0.500. The lowest BCUT2D eigenvalue weighted by Gasteiger charge is -2.17. The third-order valence-corrected chi connectivity index (χ3v) is 3.33. The molecule has 19 heavy (non-hydrogen) atoms. The minimum absolute atomic E-state index is 0.0271. The molecule has 0 radical (unpaired) electrons. The van der Waals surface area contributed by atoms with Gasteiger partial charge in [0.25, 0.3) is 0 Å². The van der Waals surface area contributed by atoms with Crippen LogP contribution in [0.25, 0.3) is 0 Å². The van der Waals surface area contributed by atoms with E-state index in [1.807, 2.05) is 36.6 Å².